The van der Waals surface area contributed by atoms with Crippen LogP contribution in [0.25, 0.3) is 16.8 Å². The number of nitrogens with two attached hydrogens (primary N) is 2. The summed E-state index contributed by atoms with van der Waals surface area (Å²) >= 11 is 0. The summed E-state index contributed by atoms with van der Waals surface area (Å²) < 4.78 is 92.8. The number of hydrogen-bond acceptors (Lipinski definition) is 4. The predicted molar refractivity (Wildman–Crippen MR) is 98.2 cm³/mol. The first-order valence-electron chi connectivity index (χ1n) is 8.34. The first-order valence-corrected chi connectivity index (χ1v) is 9.89. The Morgan fingerprint density at radius 3 is 2.35 bits per heavy atom. The fourth-order valence-corrected chi connectivity index (χ4v) is 3.99. The van der Waals surface area contributed by atoms with Gasteiger partial charge in [0.2, 0.25) is 15.9 Å². The molecule has 0 aliphatic rings. The molecule has 3 rings (SSSR count). The van der Waals surface area contributed by atoms with Crippen molar-refractivity contribution in [3.63, 3.8) is 0 Å². The number of primary amides is 1. The van der Waals surface area contributed by atoms with Crippen molar-refractivity contribution in [2.45, 2.75) is 17.5 Å². The third-order valence-corrected chi connectivity index (χ3v) is 5.23. The minimum Gasteiger partial charge on any atom is -0.369 e. The Bertz CT molecular complexity index is 1290. The van der Waals surface area contributed by atoms with E-state index in [9.17, 15) is 35.2 Å². The van der Waals surface area contributed by atoms with E-state index in [1.54, 1.807) is 0 Å². The second-order valence-electron chi connectivity index (χ2n) is 6.41. The number of carbonyl (C=O) groups is 1. The molecule has 31 heavy (non-hydrogen) atoms. The molecule has 0 spiro atoms. The summed E-state index contributed by atoms with van der Waals surface area (Å²) in [5.74, 6) is -3.71. The highest BCUT2D eigenvalue weighted by Crippen LogP contribution is 2.38. The number of aromatic nitrogens is 2. The van der Waals surface area contributed by atoms with Gasteiger partial charge in [-0.05, 0) is 17.7 Å². The van der Waals surface area contributed by atoms with E-state index in [1.165, 1.54) is 0 Å². The van der Waals surface area contributed by atoms with E-state index in [2.05, 4.69) is 5.10 Å². The summed E-state index contributed by atoms with van der Waals surface area (Å²) in [4.78, 5) is 10.6. The predicted octanol–water partition coefficient (Wildman–Crippen LogP) is 2.51. The van der Waals surface area contributed by atoms with Crippen molar-refractivity contribution >= 4 is 15.9 Å². The number of carbonyl (C=O) groups excluding carboxylic acids is 1. The quantitative estimate of drug-likeness (QED) is 0.569. The highest BCUT2D eigenvalue weighted by atomic mass is 32.2. The van der Waals surface area contributed by atoms with Crippen LogP contribution in [-0.2, 0) is 27.4 Å². The molecular weight excluding hydrogens is 447 g/mol. The van der Waals surface area contributed by atoms with Crippen LogP contribution in [0.4, 0.5) is 22.0 Å². The minimum absolute atomic E-state index is 0.132. The van der Waals surface area contributed by atoms with Crippen LogP contribution in [0, 0.1) is 11.6 Å². The van der Waals surface area contributed by atoms with Crippen LogP contribution in [-0.4, -0.2) is 24.1 Å². The third-order valence-electron chi connectivity index (χ3n) is 4.25. The van der Waals surface area contributed by atoms with Gasteiger partial charge in [-0.1, -0.05) is 18.2 Å². The molecule has 4 N–H and O–H groups in total. The fourth-order valence-electron chi connectivity index (χ4n) is 3.01. The summed E-state index contributed by atoms with van der Waals surface area (Å²) in [6.07, 6.45) is -4.40. The summed E-state index contributed by atoms with van der Waals surface area (Å²) in [6, 6.07) is 5.06. The average Bonchev–Trinajstić information content (AvgIpc) is 3.13. The smallest absolute Gasteiger partial charge is 0.369 e. The van der Waals surface area contributed by atoms with Crippen LogP contribution in [0.5, 0.6) is 0 Å². The molecule has 7 nitrogen and oxygen atoms in total. The zero-order valence-corrected chi connectivity index (χ0v) is 16.1. The molecule has 1 amide bonds. The molecule has 164 valence electrons. The SMILES string of the molecule is NC(=O)Cc1ccc(-n2cc(C(F)(F)F)cn2)c(S(N)(=O)=O)c1-c1cccc(F)c1F. The molecule has 0 fully saturated rings. The van der Waals surface area contributed by atoms with Crippen LogP contribution in [0.1, 0.15) is 11.1 Å². The Morgan fingerprint density at radius 1 is 1.13 bits per heavy atom. The van der Waals surface area contributed by atoms with Gasteiger partial charge in [0.25, 0.3) is 0 Å². The Balaban J connectivity index is 2.44. The number of alkyl halides is 3. The molecule has 0 saturated heterocycles. The topological polar surface area (TPSA) is 121 Å². The number of halogens is 5. The number of benzene rings is 2. The monoisotopic (exact) mass is 460 g/mol. The molecule has 0 atom stereocenters. The lowest BCUT2D eigenvalue weighted by molar-refractivity contribution is -0.137. The standard InChI is InChI=1S/C18H13F5N4O3S/c19-12-3-1-2-11(16(12)20)15-9(6-14(24)28)4-5-13(17(15)31(25,29)30)27-8-10(7-26-27)18(21,22)23/h1-5,7-8H,6H2,(H2,24,28)(H2,25,29,30). The Morgan fingerprint density at radius 2 is 1.81 bits per heavy atom. The van der Waals surface area contributed by atoms with E-state index in [-0.39, 0.29) is 5.56 Å². The van der Waals surface area contributed by atoms with Gasteiger partial charge in [0, 0.05) is 17.3 Å². The number of hydrogen-bond donors (Lipinski definition) is 2. The normalized spacial score (nSPS) is 12.2. The van der Waals surface area contributed by atoms with Crippen LogP contribution in [0.2, 0.25) is 0 Å². The van der Waals surface area contributed by atoms with Gasteiger partial charge in [-0.3, -0.25) is 4.79 Å². The van der Waals surface area contributed by atoms with E-state index >= 15 is 0 Å². The molecule has 0 aliphatic carbocycles. The Hall–Kier alpha value is -3.32. The van der Waals surface area contributed by atoms with E-state index in [0.717, 1.165) is 30.3 Å². The van der Waals surface area contributed by atoms with Crippen LogP contribution >= 0.6 is 0 Å². The highest BCUT2D eigenvalue weighted by molar-refractivity contribution is 7.89. The Kier molecular flexibility index (Phi) is 5.58. The van der Waals surface area contributed by atoms with Crippen LogP contribution in [0.15, 0.2) is 47.6 Å². The lowest BCUT2D eigenvalue weighted by Gasteiger charge is -2.18. The van der Waals surface area contributed by atoms with Crippen molar-refractivity contribution in [2.75, 3.05) is 0 Å². The van der Waals surface area contributed by atoms with Crippen molar-refractivity contribution in [2.24, 2.45) is 10.9 Å². The molecule has 3 aromatic rings. The second kappa shape index (κ2) is 7.74. The van der Waals surface area contributed by atoms with Crippen LogP contribution in [0.3, 0.4) is 0 Å². The van der Waals surface area contributed by atoms with E-state index in [1.807, 2.05) is 0 Å². The maximum Gasteiger partial charge on any atom is 0.419 e. The molecule has 2 aromatic carbocycles. The zero-order valence-electron chi connectivity index (χ0n) is 15.3. The number of amides is 1. The van der Waals surface area contributed by atoms with Crippen molar-refractivity contribution < 1.29 is 35.2 Å². The van der Waals surface area contributed by atoms with E-state index < -0.39 is 67.4 Å². The first kappa shape index (κ1) is 22.4. The molecule has 0 radical (unpaired) electrons. The summed E-state index contributed by atoms with van der Waals surface area (Å²) in [5.41, 5.74) is 2.29. The van der Waals surface area contributed by atoms with Gasteiger partial charge in [0.05, 0.1) is 23.9 Å². The first-order chi connectivity index (χ1) is 14.3. The highest BCUT2D eigenvalue weighted by Gasteiger charge is 2.33. The minimum atomic E-state index is -4.77. The van der Waals surface area contributed by atoms with E-state index in [4.69, 9.17) is 10.9 Å². The molecular formula is C18H13F5N4O3S. The number of nitrogens with zero attached hydrogens (tertiary/aromatic N) is 2. The maximum atomic E-state index is 14.6. The molecule has 13 heteroatoms. The molecule has 1 aromatic heterocycles. The maximum absolute atomic E-state index is 14.6. The van der Waals surface area contributed by atoms with Crippen molar-refractivity contribution in [1.29, 1.82) is 0 Å². The third kappa shape index (κ3) is 4.41. The lowest BCUT2D eigenvalue weighted by atomic mass is 9.96. The van der Waals surface area contributed by atoms with Gasteiger partial charge >= 0.3 is 6.18 Å². The van der Waals surface area contributed by atoms with Gasteiger partial charge in [-0.25, -0.2) is 27.0 Å². The summed E-state index contributed by atoms with van der Waals surface area (Å²) in [5, 5.41) is 8.80. The molecule has 0 unspecified atom stereocenters. The lowest BCUT2D eigenvalue weighted by Crippen LogP contribution is -2.20. The number of primary sulfonamides is 1. The molecule has 1 heterocycles. The zero-order chi connectivity index (χ0) is 23.1. The van der Waals surface area contributed by atoms with Gasteiger partial charge in [-0.2, -0.15) is 18.3 Å². The van der Waals surface area contributed by atoms with E-state index in [0.29, 0.717) is 17.1 Å². The van der Waals surface area contributed by atoms with Gasteiger partial charge in [-0.15, -0.1) is 0 Å². The van der Waals surface area contributed by atoms with Crippen LogP contribution < -0.4 is 10.9 Å². The second-order valence-corrected chi connectivity index (χ2v) is 7.91. The fraction of sp³-hybridized carbons (Fsp3) is 0.111. The molecule has 0 aliphatic heterocycles. The molecule has 0 bridgehead atoms. The Labute approximate surface area is 172 Å². The number of rotatable bonds is 5. The number of sulfonamides is 1. The summed E-state index contributed by atoms with van der Waals surface area (Å²) in [6.45, 7) is 0. The van der Waals surface area contributed by atoms with Gasteiger partial charge in [0.15, 0.2) is 11.6 Å². The molecule has 0 saturated carbocycles. The largest absolute Gasteiger partial charge is 0.419 e. The van der Waals surface area contributed by atoms with Crippen molar-refractivity contribution in [3.05, 3.63) is 65.5 Å². The van der Waals surface area contributed by atoms with Gasteiger partial charge < -0.3 is 5.73 Å². The summed E-state index contributed by atoms with van der Waals surface area (Å²) in [7, 11) is -4.76. The van der Waals surface area contributed by atoms with Crippen molar-refractivity contribution in [1.82, 2.24) is 9.78 Å². The average molecular weight is 460 g/mol. The van der Waals surface area contributed by atoms with Crippen molar-refractivity contribution in [3.8, 4) is 16.8 Å². The van der Waals surface area contributed by atoms with Gasteiger partial charge in [0.1, 0.15) is 4.90 Å².